The molecule has 3 nitrogen and oxygen atoms in total. The summed E-state index contributed by atoms with van der Waals surface area (Å²) in [6.45, 7) is 4.64. The van der Waals surface area contributed by atoms with E-state index >= 15 is 0 Å². The lowest BCUT2D eigenvalue weighted by molar-refractivity contribution is 0.0864. The highest BCUT2D eigenvalue weighted by Gasteiger charge is 2.20. The SMILES string of the molecule is Cc1ccc(C(=O)CN2CCC(CO)CC2)cc1. The molecule has 1 fully saturated rings. The molecule has 1 aliphatic heterocycles. The maximum Gasteiger partial charge on any atom is 0.176 e. The van der Waals surface area contributed by atoms with Crippen LogP contribution in [0.5, 0.6) is 0 Å². The van der Waals surface area contributed by atoms with Crippen molar-refractivity contribution in [3.05, 3.63) is 35.4 Å². The number of likely N-dealkylation sites (tertiary alicyclic amines) is 1. The number of hydrogen-bond acceptors (Lipinski definition) is 3. The Morgan fingerprint density at radius 1 is 1.28 bits per heavy atom. The van der Waals surface area contributed by atoms with Gasteiger partial charge in [0.15, 0.2) is 5.78 Å². The normalized spacial score (nSPS) is 17.9. The number of carbonyl (C=O) groups is 1. The number of benzene rings is 1. The van der Waals surface area contributed by atoms with Gasteiger partial charge in [-0.1, -0.05) is 29.8 Å². The van der Waals surface area contributed by atoms with E-state index in [-0.39, 0.29) is 12.4 Å². The zero-order valence-electron chi connectivity index (χ0n) is 10.9. The number of rotatable bonds is 4. The first-order chi connectivity index (χ1) is 8.69. The van der Waals surface area contributed by atoms with Crippen LogP contribution < -0.4 is 0 Å². The molecule has 0 spiro atoms. The molecule has 98 valence electrons. The van der Waals surface area contributed by atoms with E-state index in [0.29, 0.717) is 12.5 Å². The minimum absolute atomic E-state index is 0.192. The van der Waals surface area contributed by atoms with E-state index in [1.54, 1.807) is 0 Å². The Morgan fingerprint density at radius 2 is 1.89 bits per heavy atom. The summed E-state index contributed by atoms with van der Waals surface area (Å²) in [4.78, 5) is 14.3. The Hall–Kier alpha value is -1.19. The zero-order chi connectivity index (χ0) is 13.0. The number of Topliss-reactive ketones (excluding diaryl/α,β-unsaturated/α-hetero) is 1. The van der Waals surface area contributed by atoms with Gasteiger partial charge in [-0.2, -0.15) is 0 Å². The largest absolute Gasteiger partial charge is 0.396 e. The van der Waals surface area contributed by atoms with Crippen LogP contribution in [-0.4, -0.2) is 42.0 Å². The lowest BCUT2D eigenvalue weighted by Gasteiger charge is -2.30. The highest BCUT2D eigenvalue weighted by atomic mass is 16.3. The molecule has 1 aromatic rings. The lowest BCUT2D eigenvalue weighted by Crippen LogP contribution is -2.38. The third-order valence-corrected chi connectivity index (χ3v) is 3.71. The molecule has 1 aliphatic rings. The summed E-state index contributed by atoms with van der Waals surface area (Å²) in [5, 5.41) is 9.08. The third kappa shape index (κ3) is 3.40. The van der Waals surface area contributed by atoms with E-state index in [2.05, 4.69) is 4.90 Å². The van der Waals surface area contributed by atoms with Crippen molar-refractivity contribution < 1.29 is 9.90 Å². The maximum atomic E-state index is 12.1. The highest BCUT2D eigenvalue weighted by molar-refractivity contribution is 5.97. The molecule has 0 atom stereocenters. The molecule has 0 amide bonds. The summed E-state index contributed by atoms with van der Waals surface area (Å²) in [5.74, 6) is 0.619. The number of aryl methyl sites for hydroxylation is 1. The van der Waals surface area contributed by atoms with Gasteiger partial charge in [0.05, 0.1) is 6.54 Å². The molecule has 0 aromatic heterocycles. The van der Waals surface area contributed by atoms with E-state index in [4.69, 9.17) is 5.11 Å². The minimum atomic E-state index is 0.192. The molecule has 3 heteroatoms. The van der Waals surface area contributed by atoms with Crippen molar-refractivity contribution in [2.45, 2.75) is 19.8 Å². The second kappa shape index (κ2) is 6.12. The Balaban J connectivity index is 1.86. The van der Waals surface area contributed by atoms with Gasteiger partial charge in [0.25, 0.3) is 0 Å². The second-order valence-corrected chi connectivity index (χ2v) is 5.19. The monoisotopic (exact) mass is 247 g/mol. The number of aliphatic hydroxyl groups excluding tert-OH is 1. The van der Waals surface area contributed by atoms with Crippen molar-refractivity contribution >= 4 is 5.78 Å². The van der Waals surface area contributed by atoms with Crippen molar-refractivity contribution in [2.75, 3.05) is 26.2 Å². The highest BCUT2D eigenvalue weighted by Crippen LogP contribution is 2.16. The van der Waals surface area contributed by atoms with Gasteiger partial charge in [-0.05, 0) is 38.8 Å². The Kier molecular flexibility index (Phi) is 4.50. The number of ketones is 1. The van der Waals surface area contributed by atoms with Gasteiger partial charge < -0.3 is 5.11 Å². The summed E-state index contributed by atoms with van der Waals surface area (Å²) in [6, 6.07) is 7.76. The first-order valence-electron chi connectivity index (χ1n) is 6.62. The number of carbonyl (C=O) groups excluding carboxylic acids is 1. The summed E-state index contributed by atoms with van der Waals surface area (Å²) in [6.07, 6.45) is 2.00. The zero-order valence-corrected chi connectivity index (χ0v) is 10.9. The van der Waals surface area contributed by atoms with Gasteiger partial charge in [0.2, 0.25) is 0 Å². The van der Waals surface area contributed by atoms with Crippen molar-refractivity contribution in [3.8, 4) is 0 Å². The van der Waals surface area contributed by atoms with Gasteiger partial charge in [-0.3, -0.25) is 9.69 Å². The molecule has 0 aliphatic carbocycles. The van der Waals surface area contributed by atoms with Gasteiger partial charge >= 0.3 is 0 Å². The van der Waals surface area contributed by atoms with Crippen LogP contribution in [-0.2, 0) is 0 Å². The average Bonchev–Trinajstić information content (AvgIpc) is 2.40. The summed E-state index contributed by atoms with van der Waals surface area (Å²) < 4.78 is 0. The molecule has 0 saturated carbocycles. The first kappa shape index (κ1) is 13.2. The molecular formula is C15H21NO2. The predicted octanol–water partition coefficient (Wildman–Crippen LogP) is 1.88. The predicted molar refractivity (Wildman–Crippen MR) is 71.8 cm³/mol. The molecule has 0 radical (unpaired) electrons. The van der Waals surface area contributed by atoms with Crippen LogP contribution in [0.4, 0.5) is 0 Å². The average molecular weight is 247 g/mol. The second-order valence-electron chi connectivity index (χ2n) is 5.19. The van der Waals surface area contributed by atoms with E-state index in [1.165, 1.54) is 5.56 Å². The minimum Gasteiger partial charge on any atom is -0.396 e. The van der Waals surface area contributed by atoms with Crippen LogP contribution in [0, 0.1) is 12.8 Å². The van der Waals surface area contributed by atoms with Crippen LogP contribution in [0.3, 0.4) is 0 Å². The van der Waals surface area contributed by atoms with Crippen LogP contribution >= 0.6 is 0 Å². The summed E-state index contributed by atoms with van der Waals surface area (Å²) >= 11 is 0. The van der Waals surface area contributed by atoms with Crippen molar-refractivity contribution in [2.24, 2.45) is 5.92 Å². The number of hydrogen-bond donors (Lipinski definition) is 1. The Labute approximate surface area is 108 Å². The van der Waals surface area contributed by atoms with Gasteiger partial charge in [0.1, 0.15) is 0 Å². The number of piperidine rings is 1. The Morgan fingerprint density at radius 3 is 2.44 bits per heavy atom. The number of nitrogens with zero attached hydrogens (tertiary/aromatic N) is 1. The van der Waals surface area contributed by atoms with Crippen LogP contribution in [0.15, 0.2) is 24.3 Å². The molecular weight excluding hydrogens is 226 g/mol. The third-order valence-electron chi connectivity index (χ3n) is 3.71. The van der Waals surface area contributed by atoms with Gasteiger partial charge in [-0.25, -0.2) is 0 Å². The quantitative estimate of drug-likeness (QED) is 0.826. The standard InChI is InChI=1S/C15H21NO2/c1-12-2-4-14(5-3-12)15(18)10-16-8-6-13(11-17)7-9-16/h2-5,13,17H,6-11H2,1H3. The van der Waals surface area contributed by atoms with Crippen molar-refractivity contribution in [1.82, 2.24) is 4.90 Å². The Bertz CT molecular complexity index is 391. The summed E-state index contributed by atoms with van der Waals surface area (Å²) in [7, 11) is 0. The van der Waals surface area contributed by atoms with Gasteiger partial charge in [-0.15, -0.1) is 0 Å². The fourth-order valence-corrected chi connectivity index (χ4v) is 2.36. The molecule has 18 heavy (non-hydrogen) atoms. The lowest BCUT2D eigenvalue weighted by atomic mass is 9.97. The summed E-state index contributed by atoms with van der Waals surface area (Å²) in [5.41, 5.74) is 1.97. The first-order valence-corrected chi connectivity index (χ1v) is 6.62. The van der Waals surface area contributed by atoms with Gasteiger partial charge in [0, 0.05) is 12.2 Å². The molecule has 0 bridgehead atoms. The van der Waals surface area contributed by atoms with Crippen molar-refractivity contribution in [3.63, 3.8) is 0 Å². The molecule has 1 aromatic carbocycles. The van der Waals surface area contributed by atoms with Crippen LogP contribution in [0.25, 0.3) is 0 Å². The van der Waals surface area contributed by atoms with E-state index in [1.807, 2.05) is 31.2 Å². The topological polar surface area (TPSA) is 40.5 Å². The fourth-order valence-electron chi connectivity index (χ4n) is 2.36. The molecule has 1 N–H and O–H groups in total. The number of aliphatic hydroxyl groups is 1. The molecule has 1 saturated heterocycles. The van der Waals surface area contributed by atoms with Crippen molar-refractivity contribution in [1.29, 1.82) is 0 Å². The van der Waals surface area contributed by atoms with Crippen LogP contribution in [0.2, 0.25) is 0 Å². The molecule has 2 rings (SSSR count). The van der Waals surface area contributed by atoms with E-state index in [9.17, 15) is 4.79 Å². The van der Waals surface area contributed by atoms with E-state index in [0.717, 1.165) is 31.5 Å². The molecule has 1 heterocycles. The van der Waals surface area contributed by atoms with E-state index < -0.39 is 0 Å². The fraction of sp³-hybridized carbons (Fsp3) is 0.533. The van der Waals surface area contributed by atoms with Crippen LogP contribution in [0.1, 0.15) is 28.8 Å². The smallest absolute Gasteiger partial charge is 0.176 e. The molecule has 0 unspecified atom stereocenters. The maximum absolute atomic E-state index is 12.1.